The molecule has 130 valence electrons. The summed E-state index contributed by atoms with van der Waals surface area (Å²) in [7, 11) is -3.84. The van der Waals surface area contributed by atoms with Gasteiger partial charge in [0, 0.05) is 17.8 Å². The topological polar surface area (TPSA) is 74.1 Å². The molecule has 0 fully saturated rings. The van der Waals surface area contributed by atoms with Crippen LogP contribution in [0.1, 0.15) is 19.4 Å². The Morgan fingerprint density at radius 3 is 2.52 bits per heavy atom. The predicted molar refractivity (Wildman–Crippen MR) is 98.3 cm³/mol. The number of halogens is 1. The van der Waals surface area contributed by atoms with Crippen molar-refractivity contribution in [2.75, 3.05) is 0 Å². The largest absolute Gasteiger partial charge is 0.345 e. The summed E-state index contributed by atoms with van der Waals surface area (Å²) in [6.45, 7) is 4.02. The highest BCUT2D eigenvalue weighted by Gasteiger charge is 2.39. The Kier molecular flexibility index (Phi) is 4.67. The highest BCUT2D eigenvalue weighted by atomic mass is 35.5. The van der Waals surface area contributed by atoms with Gasteiger partial charge in [-0.05, 0) is 43.2 Å². The van der Waals surface area contributed by atoms with E-state index in [1.807, 2.05) is 25.1 Å². The summed E-state index contributed by atoms with van der Waals surface area (Å²) in [5.41, 5.74) is 1.49. The normalized spacial score (nSPS) is 18.1. The lowest BCUT2D eigenvalue weighted by atomic mass is 10.1. The summed E-state index contributed by atoms with van der Waals surface area (Å²) in [5, 5.41) is 9.02. The summed E-state index contributed by atoms with van der Waals surface area (Å²) in [6.07, 6.45) is 1.44. The van der Waals surface area contributed by atoms with Crippen LogP contribution < -0.4 is 0 Å². The van der Waals surface area contributed by atoms with Crippen LogP contribution in [0.2, 0.25) is 5.02 Å². The third-order valence-corrected chi connectivity index (χ3v) is 6.65. The van der Waals surface area contributed by atoms with Crippen LogP contribution in [0.3, 0.4) is 0 Å². The van der Waals surface area contributed by atoms with Crippen molar-refractivity contribution in [2.24, 2.45) is 0 Å². The summed E-state index contributed by atoms with van der Waals surface area (Å²) >= 11 is 6.22. The Labute approximate surface area is 152 Å². The first-order valence-electron chi connectivity index (χ1n) is 7.80. The van der Waals surface area contributed by atoms with Crippen LogP contribution in [-0.2, 0) is 16.4 Å². The number of aromatic nitrogens is 1. The second kappa shape index (κ2) is 6.61. The van der Waals surface area contributed by atoms with E-state index in [4.69, 9.17) is 17.0 Å². The molecule has 3 rings (SSSR count). The van der Waals surface area contributed by atoms with E-state index in [-0.39, 0.29) is 21.8 Å². The van der Waals surface area contributed by atoms with E-state index < -0.39 is 9.84 Å². The Hall–Kier alpha value is -2.18. The molecule has 0 saturated heterocycles. The minimum atomic E-state index is -3.84. The molecule has 0 amide bonds. The maximum absolute atomic E-state index is 13.0. The molecule has 1 aliphatic heterocycles. The first-order valence-corrected chi connectivity index (χ1v) is 9.66. The molecule has 1 aromatic carbocycles. The van der Waals surface area contributed by atoms with Crippen molar-refractivity contribution in [3.63, 3.8) is 0 Å². The van der Waals surface area contributed by atoms with E-state index in [1.165, 1.54) is 12.3 Å². The summed E-state index contributed by atoms with van der Waals surface area (Å²) in [4.78, 5) is 5.73. The number of benzene rings is 1. The van der Waals surface area contributed by atoms with Crippen LogP contribution in [0.25, 0.3) is 0 Å². The summed E-state index contributed by atoms with van der Waals surface area (Å²) in [6, 6.07) is 11.9. The van der Waals surface area contributed by atoms with Crippen molar-refractivity contribution in [1.29, 1.82) is 5.41 Å². The van der Waals surface area contributed by atoms with Crippen LogP contribution in [0.15, 0.2) is 64.2 Å². The van der Waals surface area contributed by atoms with Crippen molar-refractivity contribution in [1.82, 2.24) is 9.88 Å². The van der Waals surface area contributed by atoms with Gasteiger partial charge >= 0.3 is 0 Å². The van der Waals surface area contributed by atoms with Crippen LogP contribution in [0.5, 0.6) is 0 Å². The lowest BCUT2D eigenvalue weighted by Gasteiger charge is -2.25. The number of sulfone groups is 1. The summed E-state index contributed by atoms with van der Waals surface area (Å²) < 4.78 is 25.9. The molecule has 5 nitrogen and oxygen atoms in total. The van der Waals surface area contributed by atoms with Gasteiger partial charge in [0.15, 0.2) is 5.03 Å². The third-order valence-electron chi connectivity index (χ3n) is 4.43. The van der Waals surface area contributed by atoms with Crippen molar-refractivity contribution in [2.45, 2.75) is 31.5 Å². The van der Waals surface area contributed by atoms with Gasteiger partial charge in [-0.2, -0.15) is 0 Å². The minimum absolute atomic E-state index is 0.0180. The smallest absolute Gasteiger partial charge is 0.227 e. The maximum atomic E-state index is 13.0. The molecule has 1 N–H and O–H groups in total. The van der Waals surface area contributed by atoms with Crippen LogP contribution >= 0.6 is 11.6 Å². The molecule has 1 atom stereocenters. The number of pyridine rings is 1. The van der Waals surface area contributed by atoms with E-state index in [2.05, 4.69) is 4.98 Å². The number of amidine groups is 1. The SMILES string of the molecule is CC1=C(S(=O)(=O)c2ccccn2)C(=N)N(Cc2ccccc2Cl)C1C. The second-order valence-electron chi connectivity index (χ2n) is 5.93. The van der Waals surface area contributed by atoms with E-state index in [1.54, 1.807) is 30.0 Å². The van der Waals surface area contributed by atoms with E-state index in [0.29, 0.717) is 17.1 Å². The fourth-order valence-electron chi connectivity index (χ4n) is 2.91. The first kappa shape index (κ1) is 17.6. The van der Waals surface area contributed by atoms with E-state index >= 15 is 0 Å². The highest BCUT2D eigenvalue weighted by Crippen LogP contribution is 2.34. The average Bonchev–Trinajstić information content (AvgIpc) is 2.81. The van der Waals surface area contributed by atoms with Crippen LogP contribution in [-0.4, -0.2) is 30.2 Å². The molecule has 2 aromatic rings. The number of hydrogen-bond acceptors (Lipinski definition) is 4. The summed E-state index contributed by atoms with van der Waals surface area (Å²) in [5.74, 6) is -0.0180. The minimum Gasteiger partial charge on any atom is -0.345 e. The Morgan fingerprint density at radius 2 is 1.88 bits per heavy atom. The van der Waals surface area contributed by atoms with Crippen LogP contribution in [0.4, 0.5) is 0 Å². The number of nitrogens with one attached hydrogen (secondary N) is 1. The molecular formula is C18H18ClN3O2S. The average molecular weight is 376 g/mol. The number of hydrogen-bond donors (Lipinski definition) is 1. The quantitative estimate of drug-likeness (QED) is 0.884. The van der Waals surface area contributed by atoms with Gasteiger partial charge in [-0.15, -0.1) is 0 Å². The highest BCUT2D eigenvalue weighted by molar-refractivity contribution is 7.96. The van der Waals surface area contributed by atoms with Gasteiger partial charge in [0.1, 0.15) is 10.7 Å². The molecule has 0 aliphatic carbocycles. The first-order chi connectivity index (χ1) is 11.8. The molecule has 1 aliphatic rings. The van der Waals surface area contributed by atoms with Gasteiger partial charge in [-0.3, -0.25) is 5.41 Å². The Morgan fingerprint density at radius 1 is 1.20 bits per heavy atom. The third kappa shape index (κ3) is 3.07. The Balaban J connectivity index is 1.98. The number of rotatable bonds is 4. The van der Waals surface area contributed by atoms with E-state index in [9.17, 15) is 8.42 Å². The number of nitrogens with zero attached hydrogens (tertiary/aromatic N) is 2. The Bertz CT molecular complexity index is 955. The molecule has 0 radical (unpaired) electrons. The van der Waals surface area contributed by atoms with Crippen molar-refractivity contribution < 1.29 is 8.42 Å². The zero-order valence-corrected chi connectivity index (χ0v) is 15.5. The molecule has 2 heterocycles. The van der Waals surface area contributed by atoms with Crippen molar-refractivity contribution >= 4 is 27.3 Å². The van der Waals surface area contributed by atoms with Crippen molar-refractivity contribution in [3.05, 3.63) is 69.7 Å². The molecule has 25 heavy (non-hydrogen) atoms. The molecule has 0 saturated carbocycles. The molecule has 1 aromatic heterocycles. The molecule has 7 heteroatoms. The molecule has 1 unspecified atom stereocenters. The van der Waals surface area contributed by atoms with E-state index in [0.717, 1.165) is 5.56 Å². The second-order valence-corrected chi connectivity index (χ2v) is 8.17. The standard InChI is InChI=1S/C18H18ClN3O2S/c1-12-13(2)22(11-14-7-3-4-8-15(14)19)18(20)17(12)25(23,24)16-9-5-6-10-21-16/h3-10,13,20H,11H2,1-2H3. The van der Waals surface area contributed by atoms with Crippen molar-refractivity contribution in [3.8, 4) is 0 Å². The lowest BCUT2D eigenvalue weighted by molar-refractivity contribution is 0.371. The van der Waals surface area contributed by atoms with Crippen LogP contribution in [0, 0.1) is 5.41 Å². The fraction of sp³-hybridized carbons (Fsp3) is 0.222. The van der Waals surface area contributed by atoms with Gasteiger partial charge in [-0.25, -0.2) is 13.4 Å². The van der Waals surface area contributed by atoms with Gasteiger partial charge in [0.2, 0.25) is 9.84 Å². The zero-order chi connectivity index (χ0) is 18.2. The maximum Gasteiger partial charge on any atom is 0.227 e. The molecular weight excluding hydrogens is 358 g/mol. The van der Waals surface area contributed by atoms with Gasteiger partial charge < -0.3 is 4.90 Å². The van der Waals surface area contributed by atoms with Gasteiger partial charge in [0.05, 0.1) is 6.04 Å². The molecule has 0 bridgehead atoms. The lowest BCUT2D eigenvalue weighted by Crippen LogP contribution is -2.33. The monoisotopic (exact) mass is 375 g/mol. The zero-order valence-electron chi connectivity index (χ0n) is 13.9. The molecule has 0 spiro atoms. The fourth-order valence-corrected chi connectivity index (χ4v) is 4.74. The predicted octanol–water partition coefficient (Wildman–Crippen LogP) is 3.66. The van der Waals surface area contributed by atoms with Gasteiger partial charge in [0.25, 0.3) is 0 Å². The van der Waals surface area contributed by atoms with Gasteiger partial charge in [-0.1, -0.05) is 35.9 Å².